The zero-order valence-corrected chi connectivity index (χ0v) is 37.6. The van der Waals surface area contributed by atoms with Gasteiger partial charge in [0.1, 0.15) is 5.75 Å². The van der Waals surface area contributed by atoms with Crippen molar-refractivity contribution in [2.24, 2.45) is 0 Å². The fourth-order valence-corrected chi connectivity index (χ4v) is 13.1. The van der Waals surface area contributed by atoms with Crippen molar-refractivity contribution in [3.63, 3.8) is 0 Å². The van der Waals surface area contributed by atoms with Gasteiger partial charge < -0.3 is 14.5 Å². The summed E-state index contributed by atoms with van der Waals surface area (Å²) in [6.45, 7) is 6.28. The van der Waals surface area contributed by atoms with E-state index in [9.17, 15) is 16.8 Å². The number of aryl methyl sites for hydroxylation is 1. The van der Waals surface area contributed by atoms with E-state index in [1.807, 2.05) is 53.9 Å². The van der Waals surface area contributed by atoms with E-state index >= 15 is 0 Å². The number of halogens is 2. The van der Waals surface area contributed by atoms with Crippen LogP contribution in [0, 0.1) is 6.92 Å². The van der Waals surface area contributed by atoms with E-state index in [0.717, 1.165) is 38.5 Å². The van der Waals surface area contributed by atoms with Gasteiger partial charge in [-0.25, -0.2) is 26.8 Å². The molecular weight excluding hydrogens is 933 g/mol. The third-order valence-corrected chi connectivity index (χ3v) is 17.3. The number of thiazole rings is 2. The molecule has 2 aromatic heterocycles. The molecule has 0 bridgehead atoms. The first-order valence-corrected chi connectivity index (χ1v) is 24.3. The predicted octanol–water partition coefficient (Wildman–Crippen LogP) is 8.48. The van der Waals surface area contributed by atoms with Crippen LogP contribution in [0.3, 0.4) is 0 Å². The van der Waals surface area contributed by atoms with E-state index in [2.05, 4.69) is 66.1 Å². The molecule has 11 nitrogen and oxygen atoms in total. The lowest BCUT2D eigenvalue weighted by molar-refractivity contribution is 0.384. The van der Waals surface area contributed by atoms with E-state index < -0.39 is 20.0 Å². The molecule has 0 saturated carbocycles. The normalized spacial score (nSPS) is 15.6. The van der Waals surface area contributed by atoms with Gasteiger partial charge in [0, 0.05) is 83.2 Å². The smallest absolute Gasteiger partial charge is 0.244 e. The SMILES string of the molecule is COc1ccccc1-c1csc(N2CCN(S(=O)(=O)c3ccccc3Br)CC2)n1.Cc1ccccc1-c1csc(N2CCN(S(=O)(=O)c3ccccc3Br)CC2)n1. The summed E-state index contributed by atoms with van der Waals surface area (Å²) in [5.41, 5.74) is 5.13. The zero-order chi connectivity index (χ0) is 40.2. The lowest BCUT2D eigenvalue weighted by atomic mass is 10.1. The summed E-state index contributed by atoms with van der Waals surface area (Å²) < 4.78 is 61.5. The van der Waals surface area contributed by atoms with Gasteiger partial charge in [0.25, 0.3) is 0 Å². The van der Waals surface area contributed by atoms with Crippen molar-refractivity contribution in [1.29, 1.82) is 0 Å². The number of para-hydroxylation sites is 1. The molecule has 57 heavy (non-hydrogen) atoms. The largest absolute Gasteiger partial charge is 0.496 e. The molecule has 298 valence electrons. The van der Waals surface area contributed by atoms with Crippen LogP contribution in [0.25, 0.3) is 22.5 Å². The minimum atomic E-state index is -3.52. The number of sulfonamides is 2. The maximum absolute atomic E-state index is 13.0. The molecular formula is C40H40Br2N6O5S4. The maximum Gasteiger partial charge on any atom is 0.244 e. The van der Waals surface area contributed by atoms with Gasteiger partial charge in [-0.2, -0.15) is 8.61 Å². The van der Waals surface area contributed by atoms with Crippen LogP contribution in [-0.4, -0.2) is 94.9 Å². The minimum Gasteiger partial charge on any atom is -0.496 e. The number of nitrogens with zero attached hydrogens (tertiary/aromatic N) is 6. The summed E-state index contributed by atoms with van der Waals surface area (Å²) in [6.07, 6.45) is 0. The summed E-state index contributed by atoms with van der Waals surface area (Å²) in [5, 5.41) is 5.92. The molecule has 0 radical (unpaired) electrons. The zero-order valence-electron chi connectivity index (χ0n) is 31.2. The van der Waals surface area contributed by atoms with Crippen molar-refractivity contribution < 1.29 is 21.6 Å². The molecule has 4 aromatic carbocycles. The van der Waals surface area contributed by atoms with Crippen LogP contribution in [0.1, 0.15) is 5.56 Å². The van der Waals surface area contributed by atoms with Crippen molar-refractivity contribution >= 4 is 84.8 Å². The van der Waals surface area contributed by atoms with E-state index in [1.165, 1.54) is 5.56 Å². The topological polar surface area (TPSA) is 116 Å². The Bertz CT molecular complexity index is 2550. The molecule has 2 fully saturated rings. The molecule has 0 aliphatic carbocycles. The summed E-state index contributed by atoms with van der Waals surface area (Å²) in [5.74, 6) is 0.786. The average Bonchev–Trinajstić information content (AvgIpc) is 3.93. The summed E-state index contributed by atoms with van der Waals surface area (Å²) >= 11 is 9.87. The van der Waals surface area contributed by atoms with Crippen molar-refractivity contribution in [3.8, 4) is 28.3 Å². The predicted molar refractivity (Wildman–Crippen MR) is 237 cm³/mol. The van der Waals surface area contributed by atoms with Crippen LogP contribution in [0.15, 0.2) is 127 Å². The Hall–Kier alpha value is -3.68. The van der Waals surface area contributed by atoms with Gasteiger partial charge >= 0.3 is 0 Å². The third kappa shape index (κ3) is 9.15. The molecule has 2 saturated heterocycles. The highest BCUT2D eigenvalue weighted by Gasteiger charge is 2.32. The van der Waals surface area contributed by atoms with Crippen molar-refractivity contribution in [1.82, 2.24) is 18.6 Å². The number of methoxy groups -OCH3 is 1. The number of hydrogen-bond acceptors (Lipinski definition) is 11. The van der Waals surface area contributed by atoms with Gasteiger partial charge in [-0.3, -0.25) is 0 Å². The van der Waals surface area contributed by atoms with E-state index in [-0.39, 0.29) is 0 Å². The van der Waals surface area contributed by atoms with Gasteiger partial charge in [-0.1, -0.05) is 60.7 Å². The Balaban J connectivity index is 0.000000174. The van der Waals surface area contributed by atoms with E-state index in [4.69, 9.17) is 14.7 Å². The Morgan fingerprint density at radius 1 is 0.561 bits per heavy atom. The van der Waals surface area contributed by atoms with Crippen LogP contribution < -0.4 is 14.5 Å². The monoisotopic (exact) mass is 970 g/mol. The minimum absolute atomic E-state index is 0.307. The lowest BCUT2D eigenvalue weighted by Gasteiger charge is -2.34. The Morgan fingerprint density at radius 3 is 1.42 bits per heavy atom. The van der Waals surface area contributed by atoms with Gasteiger partial charge in [0.05, 0.1) is 28.3 Å². The number of rotatable bonds is 9. The number of aromatic nitrogens is 2. The fourth-order valence-electron chi connectivity index (χ4n) is 6.61. The second kappa shape index (κ2) is 18.1. The highest BCUT2D eigenvalue weighted by Crippen LogP contribution is 2.35. The Morgan fingerprint density at radius 2 is 0.965 bits per heavy atom. The first kappa shape index (κ1) is 41.5. The number of hydrogen-bond donors (Lipinski definition) is 0. The van der Waals surface area contributed by atoms with Gasteiger partial charge in [-0.15, -0.1) is 22.7 Å². The number of piperazine rings is 2. The number of anilines is 2. The molecule has 0 unspecified atom stereocenters. The third-order valence-electron chi connectivity index (χ3n) is 9.72. The Kier molecular flexibility index (Phi) is 13.2. The molecule has 4 heterocycles. The standard InChI is InChI=1S/C20H20BrN3O3S2.C20H20BrN3O2S2/c1-27-18-8-4-2-6-15(18)17-14-28-20(22-17)23-10-12-24(13-11-23)29(25,26)19-9-5-3-7-16(19)21;1-15-6-2-3-7-16(15)18-14-27-20(22-18)23-10-12-24(13-11-23)28(25,26)19-9-5-4-8-17(19)21/h2-9,14H,10-13H2,1H3;2-9,14H,10-13H2,1H3. The summed E-state index contributed by atoms with van der Waals surface area (Å²) in [7, 11) is -5.37. The number of ether oxygens (including phenoxy) is 1. The molecule has 0 spiro atoms. The van der Waals surface area contributed by atoms with Crippen LogP contribution in [0.4, 0.5) is 10.3 Å². The molecule has 0 amide bonds. The van der Waals surface area contributed by atoms with Gasteiger partial charge in [0.2, 0.25) is 20.0 Å². The number of benzene rings is 4. The van der Waals surface area contributed by atoms with Crippen LogP contribution in [0.5, 0.6) is 5.75 Å². The molecule has 0 N–H and O–H groups in total. The average molecular weight is 973 g/mol. The quantitative estimate of drug-likeness (QED) is 0.141. The first-order chi connectivity index (χ1) is 27.5. The lowest BCUT2D eigenvalue weighted by Crippen LogP contribution is -2.48. The molecule has 17 heteroatoms. The molecule has 2 aliphatic heterocycles. The molecule has 6 aromatic rings. The second-order valence-electron chi connectivity index (χ2n) is 13.2. The summed E-state index contributed by atoms with van der Waals surface area (Å²) in [4.78, 5) is 14.5. The first-order valence-electron chi connectivity index (χ1n) is 18.1. The van der Waals surface area contributed by atoms with Crippen LogP contribution >= 0.6 is 54.5 Å². The maximum atomic E-state index is 13.0. The van der Waals surface area contributed by atoms with Crippen LogP contribution in [-0.2, 0) is 20.0 Å². The molecule has 8 rings (SSSR count). The highest BCUT2D eigenvalue weighted by atomic mass is 79.9. The van der Waals surface area contributed by atoms with Gasteiger partial charge in [0.15, 0.2) is 10.3 Å². The van der Waals surface area contributed by atoms with Crippen molar-refractivity contribution in [3.05, 3.63) is 122 Å². The Labute approximate surface area is 358 Å². The highest BCUT2D eigenvalue weighted by molar-refractivity contribution is 9.10. The van der Waals surface area contributed by atoms with Crippen molar-refractivity contribution in [2.75, 3.05) is 69.3 Å². The van der Waals surface area contributed by atoms with Crippen LogP contribution in [0.2, 0.25) is 0 Å². The van der Waals surface area contributed by atoms with Gasteiger partial charge in [-0.05, 0) is 80.7 Å². The molecule has 0 atom stereocenters. The second-order valence-corrected chi connectivity index (χ2v) is 20.4. The van der Waals surface area contributed by atoms with E-state index in [0.29, 0.717) is 71.1 Å². The van der Waals surface area contributed by atoms with E-state index in [1.54, 1.807) is 74.8 Å². The summed E-state index contributed by atoms with van der Waals surface area (Å²) in [6, 6.07) is 29.9. The molecule has 2 aliphatic rings. The van der Waals surface area contributed by atoms with Crippen molar-refractivity contribution in [2.45, 2.75) is 16.7 Å². The fraction of sp³-hybridized carbons (Fsp3) is 0.250.